The first-order chi connectivity index (χ1) is 69.8. The molecular weight excluding hydrogens is 1980 g/mol. The van der Waals surface area contributed by atoms with Crippen molar-refractivity contribution in [2.75, 3.05) is 172 Å². The fourth-order valence-corrected chi connectivity index (χ4v) is 28.4. The van der Waals surface area contributed by atoms with Gasteiger partial charge in [-0.05, 0) is 261 Å². The molecule has 10 aromatic carbocycles. The number of benzene rings is 10. The molecule has 2 aromatic heterocycles. The maximum atomic E-state index is 14.9. The lowest BCUT2D eigenvalue weighted by Crippen LogP contribution is -2.46. The largest absolute Gasteiger partial charge is 0.478 e. The van der Waals surface area contributed by atoms with E-state index in [-0.39, 0.29) is 64.3 Å². The van der Waals surface area contributed by atoms with Crippen LogP contribution in [0.4, 0.5) is 45.5 Å². The number of aromatic carboxylic acids is 2. The van der Waals surface area contributed by atoms with Gasteiger partial charge in [-0.3, -0.25) is 48.1 Å². The molecule has 8 heterocycles. The number of hydrogen-bond donors (Lipinski definition) is 4. The lowest BCUT2D eigenvalue weighted by atomic mass is 9.96. The Bertz CT molecular complexity index is 6740. The molecule has 4 atom stereocenters. The molecule has 6 fully saturated rings. The second kappa shape index (κ2) is 47.0. The number of hydrogen-bond acceptors (Lipinski definition) is 21. The quantitative estimate of drug-likeness (QED) is 0.0123. The number of nitrogens with zero attached hydrogens (tertiary/aromatic N) is 12. The number of nitro groups is 2. The fourth-order valence-electron chi connectivity index (χ4n) is 21.0. The zero-order chi connectivity index (χ0) is 102. The number of halogens is 2. The summed E-state index contributed by atoms with van der Waals surface area (Å²) in [4.78, 5) is 85.4. The second-order valence-corrected chi connectivity index (χ2v) is 47.0. The summed E-state index contributed by atoms with van der Waals surface area (Å²) in [5.41, 5.74) is 15.0. The number of ether oxygens (including phenoxy) is 1. The van der Waals surface area contributed by atoms with E-state index in [0.717, 1.165) is 177 Å². The van der Waals surface area contributed by atoms with Crippen LogP contribution in [-0.2, 0) is 44.8 Å². The minimum absolute atomic E-state index is 0.00696. The Morgan fingerprint density at radius 2 is 0.814 bits per heavy atom. The normalized spacial score (nSPS) is 18.2. The van der Waals surface area contributed by atoms with Gasteiger partial charge in [0, 0.05) is 202 Å². The predicted molar refractivity (Wildman–Crippen MR) is 582 cm³/mol. The van der Waals surface area contributed by atoms with Gasteiger partial charge in [-0.2, -0.15) is 0 Å². The van der Waals surface area contributed by atoms with E-state index >= 15 is 0 Å². The van der Waals surface area contributed by atoms with E-state index in [2.05, 4.69) is 103 Å². The smallest absolute Gasteiger partial charge is 0.469 e. The fraction of sp³-hybridized carbons (Fsp3) is 0.358. The van der Waals surface area contributed by atoms with E-state index in [1.165, 1.54) is 17.0 Å². The van der Waals surface area contributed by atoms with Crippen molar-refractivity contribution in [3.05, 3.63) is 307 Å². The van der Waals surface area contributed by atoms with Gasteiger partial charge in [0.2, 0.25) is 0 Å². The Hall–Kier alpha value is -11.1. The third kappa shape index (κ3) is 24.7. The molecule has 0 bridgehead atoms. The third-order valence-corrected chi connectivity index (χ3v) is 36.9. The number of phosphoric acid groups is 1. The zero-order valence-corrected chi connectivity index (χ0v) is 88.0. The third-order valence-electron chi connectivity index (χ3n) is 28.2. The highest BCUT2D eigenvalue weighted by Gasteiger charge is 2.44. The lowest BCUT2D eigenvalue weighted by Gasteiger charge is -2.37. The number of carboxylic acids is 2. The number of carbonyl (C=O) groups is 2. The van der Waals surface area contributed by atoms with Crippen molar-refractivity contribution in [2.45, 2.75) is 108 Å². The van der Waals surface area contributed by atoms with E-state index < -0.39 is 45.8 Å². The predicted octanol–water partition coefficient (Wildman–Crippen LogP) is 22.9. The average Bonchev–Trinajstić information content (AvgIpc) is 1.59. The van der Waals surface area contributed by atoms with Gasteiger partial charge in [0.15, 0.2) is 0 Å². The standard InChI is InChI=1S/C55H63ClN6O10P2S.C54H60ClN6O7PS/c1-38(2)61-39(3)52(55(63)64)53(54(61)41-12-15-44(56)16-13-41)43-8-7-9-47(35-43)59-30-28-58(29-31-59)45-17-19-46(20-18-45)60-32-33-71-73(60,67)49-21-14-42(51(36-49)62(65)66)34-40(37-75-50-10-5-4-6-11-50)22-25-57-26-23-48(24-27-57)72-74(68,69)70;1-38(2)60-39(3)51(54(62)63)52(53(60)41-12-15-44(55)16-13-41)43-8-7-9-47(35-43)58-26-24-57(25-27-58)45-17-19-46(20-18-45)59-30-33-68-69(59,66)48-21-14-42(50(36-48)61(64)65)34-40(22-23-56-28-31-67-32-29-56)37-70-49-10-5-4-6-11-49/h4-21,35-36,38,40,48H,22-34,37H2,1-3H3,(H,63,64)(H2,68,69,70);4-21,35-36,38,40H,22-34,37H2,1-3H3,(H,62,63)/t40-,73+;40-,69+/m00/s1. The number of aromatic nitrogens is 2. The van der Waals surface area contributed by atoms with Gasteiger partial charge in [-0.15, -0.1) is 23.5 Å². The molecule has 0 amide bonds. The number of thioether (sulfide) groups is 2. The number of anilines is 6. The van der Waals surface area contributed by atoms with Gasteiger partial charge < -0.3 is 67.4 Å². The van der Waals surface area contributed by atoms with Gasteiger partial charge in [0.25, 0.3) is 11.4 Å². The molecule has 0 aliphatic carbocycles. The molecule has 0 radical (unpaired) electrons. The van der Waals surface area contributed by atoms with Crippen LogP contribution in [0.15, 0.2) is 252 Å². The van der Waals surface area contributed by atoms with E-state index in [9.17, 15) is 63.5 Å². The van der Waals surface area contributed by atoms with Crippen LogP contribution in [-0.4, -0.2) is 209 Å². The summed E-state index contributed by atoms with van der Waals surface area (Å²) in [7, 11) is -12.0. The molecular formula is C109H123Cl2N12O17P3S2. The molecule has 762 valence electrons. The molecule has 18 rings (SSSR count). The summed E-state index contributed by atoms with van der Waals surface area (Å²) >= 11 is 16.0. The van der Waals surface area contributed by atoms with Gasteiger partial charge in [-0.25, -0.2) is 14.2 Å². The second-order valence-electron chi connectivity index (χ2n) is 38.2. The molecule has 12 aromatic rings. The van der Waals surface area contributed by atoms with E-state index in [1.807, 2.05) is 184 Å². The molecule has 6 saturated heterocycles. The van der Waals surface area contributed by atoms with Crippen molar-refractivity contribution in [3.8, 4) is 44.8 Å². The van der Waals surface area contributed by atoms with Crippen LogP contribution in [0.1, 0.15) is 109 Å². The molecule has 6 aliphatic rings. The maximum absolute atomic E-state index is 14.9. The molecule has 145 heavy (non-hydrogen) atoms. The summed E-state index contributed by atoms with van der Waals surface area (Å²) in [5.74, 6) is -0.172. The van der Waals surface area contributed by atoms with Crippen molar-refractivity contribution in [3.63, 3.8) is 0 Å². The summed E-state index contributed by atoms with van der Waals surface area (Å²) in [5, 5.41) is 48.5. The highest BCUT2D eigenvalue weighted by atomic mass is 35.5. The van der Waals surface area contributed by atoms with Crippen molar-refractivity contribution >= 4 is 138 Å². The maximum Gasteiger partial charge on any atom is 0.469 e. The molecule has 29 nitrogen and oxygen atoms in total. The van der Waals surface area contributed by atoms with Gasteiger partial charge in [0.05, 0.1) is 88.6 Å². The van der Waals surface area contributed by atoms with Gasteiger partial charge >= 0.3 is 34.8 Å². The number of piperazine rings is 2. The number of carboxylic acid groups (broad SMARTS) is 2. The summed E-state index contributed by atoms with van der Waals surface area (Å²) in [6.45, 7) is 25.2. The number of piperidine rings is 1. The van der Waals surface area contributed by atoms with Crippen molar-refractivity contribution in [2.24, 2.45) is 11.8 Å². The Labute approximate surface area is 864 Å². The summed E-state index contributed by atoms with van der Waals surface area (Å²) in [6.07, 6.45) is 3.11. The Balaban J connectivity index is 0.000000199. The van der Waals surface area contributed by atoms with E-state index in [4.69, 9.17) is 41.5 Å². The summed E-state index contributed by atoms with van der Waals surface area (Å²) in [6, 6.07) is 77.5. The van der Waals surface area contributed by atoms with Gasteiger partial charge in [-0.1, -0.05) is 120 Å². The first-order valence-corrected chi connectivity index (χ1v) is 56.9. The first kappa shape index (κ1) is 105. The number of nitro benzene ring substituents is 2. The topological polar surface area (TPSA) is 325 Å². The highest BCUT2D eigenvalue weighted by molar-refractivity contribution is 7.99. The Morgan fingerprint density at radius 1 is 0.448 bits per heavy atom. The van der Waals surface area contributed by atoms with Crippen molar-refractivity contribution in [1.29, 1.82) is 0 Å². The number of morpholine rings is 1. The van der Waals surface area contributed by atoms with Crippen molar-refractivity contribution < 1.29 is 71.4 Å². The van der Waals surface area contributed by atoms with Crippen LogP contribution in [0.3, 0.4) is 0 Å². The molecule has 36 heteroatoms. The van der Waals surface area contributed by atoms with Crippen LogP contribution >= 0.6 is 69.6 Å². The molecule has 6 aliphatic heterocycles. The van der Waals surface area contributed by atoms with Crippen LogP contribution in [0.2, 0.25) is 10.0 Å². The van der Waals surface area contributed by atoms with Crippen LogP contribution in [0.25, 0.3) is 44.8 Å². The Kier molecular flexibility index (Phi) is 34.1. The lowest BCUT2D eigenvalue weighted by molar-refractivity contribution is -0.385. The molecule has 0 unspecified atom stereocenters. The highest BCUT2D eigenvalue weighted by Crippen LogP contribution is 2.58. The minimum Gasteiger partial charge on any atom is -0.478 e. The molecule has 0 spiro atoms. The van der Waals surface area contributed by atoms with Crippen LogP contribution in [0.5, 0.6) is 0 Å². The van der Waals surface area contributed by atoms with E-state index in [1.54, 1.807) is 57.1 Å². The summed E-state index contributed by atoms with van der Waals surface area (Å²) < 4.78 is 71.5. The average molecular weight is 2100 g/mol. The van der Waals surface area contributed by atoms with Crippen molar-refractivity contribution in [1.82, 2.24) is 18.9 Å². The minimum atomic E-state index is -4.56. The number of phosphoric ester groups is 1. The monoisotopic (exact) mass is 2100 g/mol. The number of likely N-dealkylation sites (tertiary alicyclic amines) is 1. The van der Waals surface area contributed by atoms with E-state index in [0.29, 0.717) is 118 Å². The number of rotatable bonds is 36. The Morgan fingerprint density at radius 3 is 1.17 bits per heavy atom. The zero-order valence-electron chi connectivity index (χ0n) is 82.2. The van der Waals surface area contributed by atoms with Crippen LogP contribution < -0.4 is 39.5 Å². The molecule has 0 saturated carbocycles. The van der Waals surface area contributed by atoms with Crippen LogP contribution in [0, 0.1) is 45.9 Å². The SMILES string of the molecule is Cc1c(C(=O)O)c(-c2cccc(N3CCN(c4ccc(N5CCO[P@]5(=O)c5ccc(C[C@H](CCN6CCC(OP(=O)(O)O)CC6)CSc6ccccc6)c([N+](=O)[O-])c5)cc4)CC3)c2)c(-c2ccc(Cl)cc2)n1C(C)C.Cc1c(C(=O)O)c(-c2cccc(N3CCN(c4ccc(N5CCO[P@]5(=O)c5ccc(C[C@H](CCN6CCOCC6)CSc6ccccc6)c([N+](=O)[O-])c5)cc4)CC3)c2)c(-c2ccc(Cl)cc2)n1C(C)C. The van der Waals surface area contributed by atoms with Gasteiger partial charge in [0.1, 0.15) is 0 Å². The molecule has 4 N–H and O–H groups in total. The first-order valence-electron chi connectivity index (χ1n) is 49.4.